The highest BCUT2D eigenvalue weighted by atomic mass is 19.2. The molecule has 1 amide bonds. The predicted octanol–water partition coefficient (Wildman–Crippen LogP) is 2.67. The van der Waals surface area contributed by atoms with Gasteiger partial charge in [0.2, 0.25) is 11.8 Å². The minimum atomic E-state index is -0.867. The third kappa shape index (κ3) is 4.88. The van der Waals surface area contributed by atoms with E-state index in [9.17, 15) is 13.6 Å². The van der Waals surface area contributed by atoms with Gasteiger partial charge in [-0.15, -0.1) is 0 Å². The molecule has 1 aliphatic heterocycles. The summed E-state index contributed by atoms with van der Waals surface area (Å²) >= 11 is 0. The number of aromatic nitrogens is 2. The third-order valence-corrected chi connectivity index (χ3v) is 4.77. The van der Waals surface area contributed by atoms with Gasteiger partial charge >= 0.3 is 0 Å². The maximum absolute atomic E-state index is 13.6. The lowest BCUT2D eigenvalue weighted by molar-refractivity contribution is -0.122. The number of aryl methyl sites for hydroxylation is 1. The Balaban J connectivity index is 1.59. The molecule has 1 aromatic heterocycles. The molecule has 6 nitrogen and oxygen atoms in total. The summed E-state index contributed by atoms with van der Waals surface area (Å²) in [6.45, 7) is 5.27. The van der Waals surface area contributed by atoms with E-state index >= 15 is 0 Å². The molecule has 0 saturated carbocycles. The number of halogens is 2. The second-order valence-corrected chi connectivity index (χ2v) is 7.15. The SMILES string of the molecule is CC(C)c1noc(CCC(=O)NC2CNCCC2c2ccc(F)c(F)c2)n1. The molecule has 2 aromatic rings. The van der Waals surface area contributed by atoms with Crippen LogP contribution in [0.2, 0.25) is 0 Å². The molecule has 8 heteroatoms. The Morgan fingerprint density at radius 2 is 2.19 bits per heavy atom. The second-order valence-electron chi connectivity index (χ2n) is 7.15. The maximum atomic E-state index is 13.6. The maximum Gasteiger partial charge on any atom is 0.227 e. The highest BCUT2D eigenvalue weighted by Crippen LogP contribution is 2.27. The van der Waals surface area contributed by atoms with Gasteiger partial charge in [-0.1, -0.05) is 25.1 Å². The monoisotopic (exact) mass is 378 g/mol. The van der Waals surface area contributed by atoms with Crippen LogP contribution in [0.5, 0.6) is 0 Å². The number of hydrogen-bond donors (Lipinski definition) is 2. The lowest BCUT2D eigenvalue weighted by atomic mass is 9.86. The van der Waals surface area contributed by atoms with Gasteiger partial charge in [0.1, 0.15) is 0 Å². The van der Waals surface area contributed by atoms with Crippen molar-refractivity contribution in [3.8, 4) is 0 Å². The zero-order chi connectivity index (χ0) is 19.4. The van der Waals surface area contributed by atoms with E-state index < -0.39 is 11.6 Å². The fourth-order valence-electron chi connectivity index (χ4n) is 3.26. The number of carbonyl (C=O) groups is 1. The van der Waals surface area contributed by atoms with Crippen molar-refractivity contribution in [3.63, 3.8) is 0 Å². The summed E-state index contributed by atoms with van der Waals surface area (Å²) in [4.78, 5) is 16.6. The van der Waals surface area contributed by atoms with Crippen molar-refractivity contribution < 1.29 is 18.1 Å². The Labute approximate surface area is 156 Å². The molecule has 1 saturated heterocycles. The van der Waals surface area contributed by atoms with Crippen molar-refractivity contribution >= 4 is 5.91 Å². The van der Waals surface area contributed by atoms with Gasteiger partial charge in [-0.05, 0) is 30.7 Å². The van der Waals surface area contributed by atoms with Crippen LogP contribution < -0.4 is 10.6 Å². The lowest BCUT2D eigenvalue weighted by Gasteiger charge is -2.33. The van der Waals surface area contributed by atoms with Crippen molar-refractivity contribution in [3.05, 3.63) is 47.1 Å². The summed E-state index contributed by atoms with van der Waals surface area (Å²) < 4.78 is 31.9. The lowest BCUT2D eigenvalue weighted by Crippen LogP contribution is -2.50. The molecular formula is C19H24F2N4O2. The molecule has 1 fully saturated rings. The van der Waals surface area contributed by atoms with E-state index in [1.807, 2.05) is 13.8 Å². The van der Waals surface area contributed by atoms with Crippen LogP contribution in [-0.4, -0.2) is 35.2 Å². The van der Waals surface area contributed by atoms with Gasteiger partial charge in [-0.25, -0.2) is 8.78 Å². The Morgan fingerprint density at radius 3 is 2.89 bits per heavy atom. The van der Waals surface area contributed by atoms with Crippen molar-refractivity contribution in [2.45, 2.75) is 51.0 Å². The van der Waals surface area contributed by atoms with Crippen molar-refractivity contribution in [2.75, 3.05) is 13.1 Å². The molecule has 0 bridgehead atoms. The highest BCUT2D eigenvalue weighted by molar-refractivity contribution is 5.76. The molecule has 2 atom stereocenters. The van der Waals surface area contributed by atoms with Gasteiger partial charge in [0.05, 0.1) is 0 Å². The van der Waals surface area contributed by atoms with Crippen molar-refractivity contribution in [1.29, 1.82) is 0 Å². The van der Waals surface area contributed by atoms with E-state index in [1.165, 1.54) is 6.07 Å². The number of piperidine rings is 1. The predicted molar refractivity (Wildman–Crippen MR) is 95.2 cm³/mol. The number of nitrogens with zero attached hydrogens (tertiary/aromatic N) is 2. The van der Waals surface area contributed by atoms with Crippen molar-refractivity contribution in [1.82, 2.24) is 20.8 Å². The summed E-state index contributed by atoms with van der Waals surface area (Å²) in [5.41, 5.74) is 0.694. The number of carbonyl (C=O) groups excluding carboxylic acids is 1. The molecule has 0 spiro atoms. The summed E-state index contributed by atoms with van der Waals surface area (Å²) in [5, 5.41) is 10.1. The van der Waals surface area contributed by atoms with Gasteiger partial charge in [0.15, 0.2) is 17.5 Å². The molecule has 3 rings (SSSR count). The van der Waals surface area contributed by atoms with E-state index in [-0.39, 0.29) is 30.2 Å². The van der Waals surface area contributed by atoms with E-state index in [4.69, 9.17) is 4.52 Å². The van der Waals surface area contributed by atoms with Crippen LogP contribution in [0.1, 0.15) is 55.8 Å². The van der Waals surface area contributed by atoms with Crippen LogP contribution >= 0.6 is 0 Å². The molecule has 1 aliphatic rings. The standard InChI is InChI=1S/C19H24F2N4O2/c1-11(2)19-24-18(27-25-19)6-5-17(26)23-16-10-22-8-7-13(16)12-3-4-14(20)15(21)9-12/h3-4,9,11,13,16,22H,5-8,10H2,1-2H3,(H,23,26). The first-order chi connectivity index (χ1) is 12.9. The van der Waals surface area contributed by atoms with Crippen LogP contribution in [0.3, 0.4) is 0 Å². The van der Waals surface area contributed by atoms with E-state index in [0.717, 1.165) is 19.0 Å². The Kier molecular flexibility index (Phi) is 6.15. The number of amides is 1. The smallest absolute Gasteiger partial charge is 0.227 e. The average Bonchev–Trinajstić information content (AvgIpc) is 3.12. The molecule has 0 radical (unpaired) electrons. The fourth-order valence-corrected chi connectivity index (χ4v) is 3.26. The zero-order valence-corrected chi connectivity index (χ0v) is 15.5. The number of rotatable bonds is 6. The van der Waals surface area contributed by atoms with Gasteiger partial charge in [0, 0.05) is 37.3 Å². The fraction of sp³-hybridized carbons (Fsp3) is 0.526. The highest BCUT2D eigenvalue weighted by Gasteiger charge is 2.28. The minimum Gasteiger partial charge on any atom is -0.351 e. The Morgan fingerprint density at radius 1 is 1.37 bits per heavy atom. The van der Waals surface area contributed by atoms with Crippen LogP contribution in [0.4, 0.5) is 8.78 Å². The van der Waals surface area contributed by atoms with Gasteiger partial charge in [-0.3, -0.25) is 4.79 Å². The summed E-state index contributed by atoms with van der Waals surface area (Å²) in [5.74, 6) is -0.710. The molecular weight excluding hydrogens is 354 g/mol. The zero-order valence-electron chi connectivity index (χ0n) is 15.5. The number of benzene rings is 1. The first-order valence-electron chi connectivity index (χ1n) is 9.21. The van der Waals surface area contributed by atoms with Crippen LogP contribution in [0.25, 0.3) is 0 Å². The number of hydrogen-bond acceptors (Lipinski definition) is 5. The largest absolute Gasteiger partial charge is 0.351 e. The van der Waals surface area contributed by atoms with Crippen LogP contribution in [0.15, 0.2) is 22.7 Å². The van der Waals surface area contributed by atoms with E-state index in [1.54, 1.807) is 6.07 Å². The van der Waals surface area contributed by atoms with Crippen LogP contribution in [-0.2, 0) is 11.2 Å². The first kappa shape index (κ1) is 19.4. The molecule has 27 heavy (non-hydrogen) atoms. The topological polar surface area (TPSA) is 80.0 Å². The first-order valence-corrected chi connectivity index (χ1v) is 9.21. The Bertz CT molecular complexity index is 794. The molecule has 1 aromatic carbocycles. The summed E-state index contributed by atoms with van der Waals surface area (Å²) in [6.07, 6.45) is 1.32. The molecule has 0 aliphatic carbocycles. The summed E-state index contributed by atoms with van der Waals surface area (Å²) in [7, 11) is 0. The average molecular weight is 378 g/mol. The van der Waals surface area contributed by atoms with E-state index in [0.29, 0.717) is 30.2 Å². The molecule has 2 unspecified atom stereocenters. The van der Waals surface area contributed by atoms with Crippen molar-refractivity contribution in [2.24, 2.45) is 0 Å². The number of nitrogens with one attached hydrogen (secondary N) is 2. The van der Waals surface area contributed by atoms with Gasteiger partial charge < -0.3 is 15.2 Å². The molecule has 2 heterocycles. The third-order valence-electron chi connectivity index (χ3n) is 4.77. The summed E-state index contributed by atoms with van der Waals surface area (Å²) in [6, 6.07) is 3.74. The van der Waals surface area contributed by atoms with E-state index in [2.05, 4.69) is 20.8 Å². The Hall–Kier alpha value is -2.35. The molecule has 2 N–H and O–H groups in total. The second kappa shape index (κ2) is 8.56. The van der Waals surface area contributed by atoms with Gasteiger partial charge in [-0.2, -0.15) is 4.98 Å². The van der Waals surface area contributed by atoms with Crippen LogP contribution in [0, 0.1) is 11.6 Å². The normalized spacial score (nSPS) is 20.0. The van der Waals surface area contributed by atoms with Gasteiger partial charge in [0.25, 0.3) is 0 Å². The molecule has 146 valence electrons. The quantitative estimate of drug-likeness (QED) is 0.808. The minimum absolute atomic E-state index is 0.0683.